The third-order valence-corrected chi connectivity index (χ3v) is 4.23. The Morgan fingerprint density at radius 2 is 1.86 bits per heavy atom. The number of aliphatic carboxylic acids is 1. The molecule has 0 radical (unpaired) electrons. The number of carboxylic acids is 1. The topological polar surface area (TPSA) is 63.6 Å². The van der Waals surface area contributed by atoms with Crippen LogP contribution in [0.3, 0.4) is 0 Å². The normalized spacial score (nSPS) is 14.9. The maximum Gasteiger partial charge on any atom is 0.341 e. The minimum atomic E-state index is -1.04. The van der Waals surface area contributed by atoms with Crippen molar-refractivity contribution in [3.63, 3.8) is 0 Å². The molecule has 22 heavy (non-hydrogen) atoms. The molecule has 1 aliphatic rings. The van der Waals surface area contributed by atoms with Gasteiger partial charge in [-0.15, -0.1) is 0 Å². The summed E-state index contributed by atoms with van der Waals surface area (Å²) in [7, 11) is 0. The quantitative estimate of drug-likeness (QED) is 0.876. The molecule has 0 atom stereocenters. The monoisotopic (exact) mass is 312 g/mol. The highest BCUT2D eigenvalue weighted by Gasteiger charge is 2.25. The van der Waals surface area contributed by atoms with Gasteiger partial charge in [-0.05, 0) is 24.3 Å². The first-order valence-electron chi connectivity index (χ1n) is 6.62. The average molecular weight is 312 g/mol. The molecule has 5 heteroatoms. The van der Waals surface area contributed by atoms with Gasteiger partial charge in [0.05, 0.1) is 4.91 Å². The highest BCUT2D eigenvalue weighted by atomic mass is 32.2. The number of rotatable bonds is 4. The second-order valence-electron chi connectivity index (χ2n) is 4.66. The molecule has 0 saturated heterocycles. The Balaban J connectivity index is 1.91. The molecular weight excluding hydrogens is 300 g/mol. The molecule has 0 fully saturated rings. The Kier molecular flexibility index (Phi) is 3.98. The molecule has 0 spiro atoms. The van der Waals surface area contributed by atoms with E-state index in [1.165, 1.54) is 11.8 Å². The van der Waals surface area contributed by atoms with Gasteiger partial charge in [0, 0.05) is 16.0 Å². The van der Waals surface area contributed by atoms with Gasteiger partial charge in [0.25, 0.3) is 0 Å². The number of ether oxygens (including phenoxy) is 1. The summed E-state index contributed by atoms with van der Waals surface area (Å²) >= 11 is 1.41. The van der Waals surface area contributed by atoms with Crippen LogP contribution in [0.2, 0.25) is 0 Å². The Morgan fingerprint density at radius 3 is 2.64 bits per heavy atom. The van der Waals surface area contributed by atoms with Crippen LogP contribution in [0.25, 0.3) is 6.08 Å². The van der Waals surface area contributed by atoms with Crippen LogP contribution in [0.15, 0.2) is 58.3 Å². The van der Waals surface area contributed by atoms with Crippen molar-refractivity contribution in [3.05, 3.63) is 64.6 Å². The molecule has 2 aromatic rings. The maximum absolute atomic E-state index is 12.4. The smallest absolute Gasteiger partial charge is 0.341 e. The van der Waals surface area contributed by atoms with E-state index in [-0.39, 0.29) is 5.78 Å². The van der Waals surface area contributed by atoms with E-state index in [1.54, 1.807) is 30.3 Å². The van der Waals surface area contributed by atoms with E-state index < -0.39 is 12.6 Å². The van der Waals surface area contributed by atoms with E-state index in [9.17, 15) is 9.59 Å². The van der Waals surface area contributed by atoms with E-state index in [2.05, 4.69) is 0 Å². The zero-order chi connectivity index (χ0) is 15.5. The number of carboxylic acid groups (broad SMARTS) is 1. The van der Waals surface area contributed by atoms with Crippen molar-refractivity contribution in [2.45, 2.75) is 4.90 Å². The van der Waals surface area contributed by atoms with Crippen LogP contribution in [0.1, 0.15) is 15.9 Å². The summed E-state index contributed by atoms with van der Waals surface area (Å²) < 4.78 is 5.26. The van der Waals surface area contributed by atoms with Crippen LogP contribution in [-0.4, -0.2) is 23.5 Å². The number of benzene rings is 2. The molecular formula is C17H12O4S. The largest absolute Gasteiger partial charge is 0.481 e. The summed E-state index contributed by atoms with van der Waals surface area (Å²) in [6.07, 6.45) is 1.74. The number of hydrogen-bond donors (Lipinski definition) is 1. The van der Waals surface area contributed by atoms with Crippen molar-refractivity contribution in [1.82, 2.24) is 0 Å². The molecule has 1 heterocycles. The van der Waals surface area contributed by atoms with Crippen molar-refractivity contribution in [2.75, 3.05) is 6.61 Å². The highest BCUT2D eigenvalue weighted by molar-refractivity contribution is 8.04. The molecule has 0 bridgehead atoms. The van der Waals surface area contributed by atoms with Crippen molar-refractivity contribution >= 4 is 29.6 Å². The summed E-state index contributed by atoms with van der Waals surface area (Å²) in [5.41, 5.74) is 1.38. The maximum atomic E-state index is 12.4. The Morgan fingerprint density at radius 1 is 1.14 bits per heavy atom. The fraction of sp³-hybridized carbons (Fsp3) is 0.0588. The minimum Gasteiger partial charge on any atom is -0.481 e. The van der Waals surface area contributed by atoms with Gasteiger partial charge in [0.2, 0.25) is 5.78 Å². The molecule has 2 aromatic carbocycles. The molecule has 0 aliphatic carbocycles. The molecule has 1 aliphatic heterocycles. The molecule has 0 unspecified atom stereocenters. The average Bonchev–Trinajstić information content (AvgIpc) is 2.83. The predicted octanol–water partition coefficient (Wildman–Crippen LogP) is 3.48. The summed E-state index contributed by atoms with van der Waals surface area (Å²) in [4.78, 5) is 24.5. The lowest BCUT2D eigenvalue weighted by atomic mass is 10.1. The van der Waals surface area contributed by atoms with Gasteiger partial charge in [-0.3, -0.25) is 4.79 Å². The number of para-hydroxylation sites is 1. The van der Waals surface area contributed by atoms with E-state index >= 15 is 0 Å². The van der Waals surface area contributed by atoms with Crippen molar-refractivity contribution < 1.29 is 19.4 Å². The lowest BCUT2D eigenvalue weighted by Gasteiger charge is -2.07. The minimum absolute atomic E-state index is 0.0198. The lowest BCUT2D eigenvalue weighted by Crippen LogP contribution is -2.10. The first-order chi connectivity index (χ1) is 10.6. The summed E-state index contributed by atoms with van der Waals surface area (Å²) in [6.45, 7) is -0.415. The van der Waals surface area contributed by atoms with E-state index in [0.717, 1.165) is 4.90 Å². The predicted molar refractivity (Wildman–Crippen MR) is 84.2 cm³/mol. The standard InChI is InChI=1S/C17H12O4S/c18-16(19)10-21-13-7-3-1-5-11(13)9-15-17(20)12-6-2-4-8-14(12)22-15/h1-9H,10H2,(H,18,19)/b15-9-. The number of ketones is 1. The third kappa shape index (κ3) is 2.89. The van der Waals surface area contributed by atoms with Gasteiger partial charge < -0.3 is 9.84 Å². The zero-order valence-electron chi connectivity index (χ0n) is 11.5. The number of carbonyl (C=O) groups excluding carboxylic acids is 1. The van der Waals surface area contributed by atoms with Crippen LogP contribution in [0.5, 0.6) is 5.75 Å². The Labute approximate surface area is 131 Å². The summed E-state index contributed by atoms with van der Waals surface area (Å²) in [5, 5.41) is 8.71. The molecule has 110 valence electrons. The van der Waals surface area contributed by atoms with E-state index in [4.69, 9.17) is 9.84 Å². The number of thioether (sulfide) groups is 1. The molecule has 0 saturated carbocycles. The molecule has 3 rings (SSSR count). The summed E-state index contributed by atoms with van der Waals surface area (Å²) in [6, 6.07) is 14.5. The lowest BCUT2D eigenvalue weighted by molar-refractivity contribution is -0.139. The number of allylic oxidation sites excluding steroid dienone is 1. The van der Waals surface area contributed by atoms with Crippen LogP contribution in [0, 0.1) is 0 Å². The molecule has 0 amide bonds. The van der Waals surface area contributed by atoms with Crippen molar-refractivity contribution in [3.8, 4) is 5.75 Å². The van der Waals surface area contributed by atoms with E-state index in [1.807, 2.05) is 24.3 Å². The van der Waals surface area contributed by atoms with Crippen molar-refractivity contribution in [1.29, 1.82) is 0 Å². The second kappa shape index (κ2) is 6.07. The number of Topliss-reactive ketones (excluding diaryl/α,β-unsaturated/α-hetero) is 1. The SMILES string of the molecule is O=C(O)COc1ccccc1/C=C1\Sc2ccccc2C1=O. The van der Waals surface area contributed by atoms with Gasteiger partial charge in [-0.25, -0.2) is 4.79 Å². The summed E-state index contributed by atoms with van der Waals surface area (Å²) in [5.74, 6) is -0.614. The van der Waals surface area contributed by atoms with Gasteiger partial charge >= 0.3 is 5.97 Å². The number of hydrogen-bond acceptors (Lipinski definition) is 4. The zero-order valence-corrected chi connectivity index (χ0v) is 12.3. The van der Waals surface area contributed by atoms with Crippen LogP contribution in [0.4, 0.5) is 0 Å². The molecule has 1 N–H and O–H groups in total. The molecule has 0 aromatic heterocycles. The first-order valence-corrected chi connectivity index (χ1v) is 7.44. The van der Waals surface area contributed by atoms with Crippen LogP contribution >= 0.6 is 11.8 Å². The Hall–Kier alpha value is -2.53. The molecule has 4 nitrogen and oxygen atoms in total. The first kappa shape index (κ1) is 14.4. The van der Waals surface area contributed by atoms with Gasteiger partial charge in [-0.1, -0.05) is 42.1 Å². The fourth-order valence-electron chi connectivity index (χ4n) is 2.15. The highest BCUT2D eigenvalue weighted by Crippen LogP contribution is 2.41. The number of carbonyl (C=O) groups is 2. The number of fused-ring (bicyclic) bond motifs is 1. The van der Waals surface area contributed by atoms with Gasteiger partial charge in [-0.2, -0.15) is 0 Å². The second-order valence-corrected chi connectivity index (χ2v) is 5.74. The van der Waals surface area contributed by atoms with Gasteiger partial charge in [0.1, 0.15) is 5.75 Å². The van der Waals surface area contributed by atoms with Crippen LogP contribution < -0.4 is 4.74 Å². The van der Waals surface area contributed by atoms with E-state index in [0.29, 0.717) is 21.8 Å². The third-order valence-electron chi connectivity index (χ3n) is 3.13. The van der Waals surface area contributed by atoms with Gasteiger partial charge in [0.15, 0.2) is 6.61 Å². The van der Waals surface area contributed by atoms with Crippen molar-refractivity contribution in [2.24, 2.45) is 0 Å². The van der Waals surface area contributed by atoms with Crippen LogP contribution in [-0.2, 0) is 4.79 Å². The fourth-order valence-corrected chi connectivity index (χ4v) is 3.19. The Bertz CT molecular complexity index is 780.